The molecule has 0 fully saturated rings. The summed E-state index contributed by atoms with van der Waals surface area (Å²) < 4.78 is 0. The van der Waals surface area contributed by atoms with Crippen molar-refractivity contribution in [1.29, 1.82) is 0 Å². The zero-order valence-corrected chi connectivity index (χ0v) is 14.3. The standard InChI is InChI=1S/C19H20N4S/c20-19-22-17-7-11-23(12-8-18(17)24-19)10-2-5-14-3-1-4-15-6-9-21-13-16(14)15/h1-6,9,13H,7-8,10-12H2,(H2,20,22)/b5-2+. The minimum absolute atomic E-state index is 0.706. The van der Waals surface area contributed by atoms with Gasteiger partial charge in [-0.1, -0.05) is 30.4 Å². The zero-order valence-electron chi connectivity index (χ0n) is 13.5. The van der Waals surface area contributed by atoms with Gasteiger partial charge in [0, 0.05) is 48.7 Å². The molecule has 0 saturated carbocycles. The summed E-state index contributed by atoms with van der Waals surface area (Å²) in [6.07, 6.45) is 10.3. The predicted octanol–water partition coefficient (Wildman–Crippen LogP) is 3.39. The Balaban J connectivity index is 1.43. The van der Waals surface area contributed by atoms with Gasteiger partial charge in [-0.3, -0.25) is 9.88 Å². The van der Waals surface area contributed by atoms with Crippen molar-refractivity contribution in [2.45, 2.75) is 12.8 Å². The maximum atomic E-state index is 5.81. The highest BCUT2D eigenvalue weighted by Crippen LogP contribution is 2.24. The van der Waals surface area contributed by atoms with E-state index in [1.165, 1.54) is 26.9 Å². The summed E-state index contributed by atoms with van der Waals surface area (Å²) in [5, 5.41) is 3.14. The van der Waals surface area contributed by atoms with Crippen molar-refractivity contribution < 1.29 is 0 Å². The molecular weight excluding hydrogens is 316 g/mol. The van der Waals surface area contributed by atoms with E-state index < -0.39 is 0 Å². The first-order valence-electron chi connectivity index (χ1n) is 8.25. The molecule has 4 rings (SSSR count). The van der Waals surface area contributed by atoms with Crippen molar-refractivity contribution >= 4 is 33.3 Å². The van der Waals surface area contributed by atoms with Crippen molar-refractivity contribution in [3.05, 3.63) is 58.9 Å². The van der Waals surface area contributed by atoms with Crippen LogP contribution in [0.5, 0.6) is 0 Å². The van der Waals surface area contributed by atoms with Crippen LogP contribution >= 0.6 is 11.3 Å². The molecule has 122 valence electrons. The normalized spacial score (nSPS) is 15.7. The lowest BCUT2D eigenvalue weighted by molar-refractivity contribution is 0.318. The Hall–Kier alpha value is -2.24. The van der Waals surface area contributed by atoms with Crippen LogP contribution in [0.2, 0.25) is 0 Å². The topological polar surface area (TPSA) is 55.0 Å². The number of anilines is 1. The van der Waals surface area contributed by atoms with Gasteiger partial charge in [-0.2, -0.15) is 0 Å². The van der Waals surface area contributed by atoms with E-state index in [4.69, 9.17) is 5.73 Å². The Morgan fingerprint density at radius 3 is 3.08 bits per heavy atom. The van der Waals surface area contributed by atoms with Crippen molar-refractivity contribution in [1.82, 2.24) is 14.9 Å². The molecule has 2 N–H and O–H groups in total. The van der Waals surface area contributed by atoms with E-state index in [2.05, 4.69) is 51.3 Å². The number of rotatable bonds is 3. The molecule has 2 aromatic heterocycles. The van der Waals surface area contributed by atoms with Gasteiger partial charge in [-0.05, 0) is 23.4 Å². The van der Waals surface area contributed by atoms with Crippen LogP contribution in [0, 0.1) is 0 Å². The van der Waals surface area contributed by atoms with Crippen LogP contribution in [-0.2, 0) is 12.8 Å². The summed E-state index contributed by atoms with van der Waals surface area (Å²) >= 11 is 1.64. The number of fused-ring (bicyclic) bond motifs is 2. The van der Waals surface area contributed by atoms with Crippen LogP contribution in [-0.4, -0.2) is 34.5 Å². The molecule has 3 aromatic rings. The maximum absolute atomic E-state index is 5.81. The Kier molecular flexibility index (Phi) is 4.28. The number of hydrogen-bond donors (Lipinski definition) is 1. The lowest BCUT2D eigenvalue weighted by Crippen LogP contribution is -2.26. The summed E-state index contributed by atoms with van der Waals surface area (Å²) in [6, 6.07) is 8.42. The quantitative estimate of drug-likeness (QED) is 0.796. The monoisotopic (exact) mass is 336 g/mol. The van der Waals surface area contributed by atoms with Crippen LogP contribution in [0.4, 0.5) is 5.13 Å². The van der Waals surface area contributed by atoms with E-state index in [0.717, 1.165) is 32.5 Å². The highest BCUT2D eigenvalue weighted by molar-refractivity contribution is 7.15. The molecule has 0 unspecified atom stereocenters. The fourth-order valence-corrected chi connectivity index (χ4v) is 4.09. The van der Waals surface area contributed by atoms with Gasteiger partial charge in [0.05, 0.1) is 5.69 Å². The molecule has 0 aliphatic carbocycles. The third-order valence-corrected chi connectivity index (χ3v) is 5.48. The fraction of sp³-hybridized carbons (Fsp3) is 0.263. The number of benzene rings is 1. The second-order valence-corrected chi connectivity index (χ2v) is 7.18. The first-order chi connectivity index (χ1) is 11.8. The molecule has 1 aromatic carbocycles. The Labute approximate surface area is 145 Å². The van der Waals surface area contributed by atoms with E-state index in [9.17, 15) is 0 Å². The van der Waals surface area contributed by atoms with E-state index >= 15 is 0 Å². The predicted molar refractivity (Wildman–Crippen MR) is 101 cm³/mol. The average molecular weight is 336 g/mol. The van der Waals surface area contributed by atoms with Gasteiger partial charge < -0.3 is 5.73 Å². The Morgan fingerprint density at radius 2 is 2.12 bits per heavy atom. The smallest absolute Gasteiger partial charge is 0.180 e. The summed E-state index contributed by atoms with van der Waals surface area (Å²) in [6.45, 7) is 3.06. The van der Waals surface area contributed by atoms with Crippen LogP contribution in [0.3, 0.4) is 0 Å². The second-order valence-electron chi connectivity index (χ2n) is 6.07. The van der Waals surface area contributed by atoms with Crippen LogP contribution in [0.25, 0.3) is 16.8 Å². The molecule has 3 heterocycles. The van der Waals surface area contributed by atoms with Crippen LogP contribution < -0.4 is 5.73 Å². The van der Waals surface area contributed by atoms with E-state index in [0.29, 0.717) is 5.13 Å². The lowest BCUT2D eigenvalue weighted by Gasteiger charge is -2.17. The molecule has 1 aliphatic rings. The maximum Gasteiger partial charge on any atom is 0.180 e. The lowest BCUT2D eigenvalue weighted by atomic mass is 10.1. The van der Waals surface area contributed by atoms with E-state index in [1.807, 2.05) is 12.4 Å². The van der Waals surface area contributed by atoms with Crippen molar-refractivity contribution in [2.75, 3.05) is 25.4 Å². The molecule has 0 bridgehead atoms. The molecule has 0 saturated heterocycles. The molecule has 24 heavy (non-hydrogen) atoms. The average Bonchev–Trinajstić information content (AvgIpc) is 2.86. The van der Waals surface area contributed by atoms with E-state index in [1.54, 1.807) is 11.3 Å². The number of nitrogens with zero attached hydrogens (tertiary/aromatic N) is 3. The van der Waals surface area contributed by atoms with Gasteiger partial charge >= 0.3 is 0 Å². The minimum atomic E-state index is 0.706. The van der Waals surface area contributed by atoms with Crippen LogP contribution in [0.15, 0.2) is 42.7 Å². The fourth-order valence-electron chi connectivity index (χ4n) is 3.22. The van der Waals surface area contributed by atoms with Gasteiger partial charge in [0.25, 0.3) is 0 Å². The molecule has 5 heteroatoms. The van der Waals surface area contributed by atoms with Crippen LogP contribution in [0.1, 0.15) is 16.1 Å². The summed E-state index contributed by atoms with van der Waals surface area (Å²) in [5.74, 6) is 0. The van der Waals surface area contributed by atoms with Crippen molar-refractivity contribution in [3.63, 3.8) is 0 Å². The molecule has 4 nitrogen and oxygen atoms in total. The first kappa shape index (κ1) is 15.3. The minimum Gasteiger partial charge on any atom is -0.375 e. The highest BCUT2D eigenvalue weighted by atomic mass is 32.1. The number of hydrogen-bond acceptors (Lipinski definition) is 5. The molecule has 0 spiro atoms. The number of nitrogens with two attached hydrogens (primary N) is 1. The van der Waals surface area contributed by atoms with Crippen molar-refractivity contribution in [2.24, 2.45) is 0 Å². The summed E-state index contributed by atoms with van der Waals surface area (Å²) in [5.41, 5.74) is 8.24. The third kappa shape index (κ3) is 3.18. The largest absolute Gasteiger partial charge is 0.375 e. The second kappa shape index (κ2) is 6.71. The number of nitrogen functional groups attached to an aromatic ring is 1. The molecular formula is C19H20N4S. The summed E-state index contributed by atoms with van der Waals surface area (Å²) in [7, 11) is 0. The SMILES string of the molecule is Nc1nc2c(s1)CCN(C/C=C/c1cccc3ccncc13)CC2. The number of thiazole rings is 1. The van der Waals surface area contributed by atoms with Gasteiger partial charge in [0.1, 0.15) is 0 Å². The molecule has 0 amide bonds. The van der Waals surface area contributed by atoms with Gasteiger partial charge in [-0.15, -0.1) is 11.3 Å². The van der Waals surface area contributed by atoms with Gasteiger partial charge in [-0.25, -0.2) is 4.98 Å². The number of pyridine rings is 1. The third-order valence-electron chi connectivity index (χ3n) is 4.49. The molecule has 1 aliphatic heterocycles. The molecule has 0 radical (unpaired) electrons. The Morgan fingerprint density at radius 1 is 1.21 bits per heavy atom. The first-order valence-corrected chi connectivity index (χ1v) is 9.07. The molecule has 0 atom stereocenters. The Bertz CT molecular complexity index is 853. The van der Waals surface area contributed by atoms with Gasteiger partial charge in [0.2, 0.25) is 0 Å². The summed E-state index contributed by atoms with van der Waals surface area (Å²) in [4.78, 5) is 12.5. The number of aromatic nitrogens is 2. The van der Waals surface area contributed by atoms with Gasteiger partial charge in [0.15, 0.2) is 5.13 Å². The van der Waals surface area contributed by atoms with Crippen molar-refractivity contribution in [3.8, 4) is 0 Å². The van der Waals surface area contributed by atoms with E-state index in [-0.39, 0.29) is 0 Å². The zero-order chi connectivity index (χ0) is 16.4. The highest BCUT2D eigenvalue weighted by Gasteiger charge is 2.16.